The van der Waals surface area contributed by atoms with Crippen LogP contribution < -0.4 is 20.3 Å². The lowest BCUT2D eigenvalue weighted by Crippen LogP contribution is -2.29. The van der Waals surface area contributed by atoms with Crippen molar-refractivity contribution >= 4 is 34.6 Å². The Balaban J connectivity index is 1.65. The molecule has 2 unspecified atom stereocenters. The van der Waals surface area contributed by atoms with Crippen molar-refractivity contribution in [3.8, 4) is 11.4 Å². The molecule has 4 aromatic rings. The second kappa shape index (κ2) is 11.4. The van der Waals surface area contributed by atoms with Crippen LogP contribution in [0.15, 0.2) is 72.9 Å². The van der Waals surface area contributed by atoms with E-state index in [1.807, 2.05) is 59.7 Å². The van der Waals surface area contributed by atoms with Gasteiger partial charge < -0.3 is 29.6 Å². The molecule has 1 amide bonds. The number of nitrogens with zero attached hydrogens (tertiary/aromatic N) is 3. The van der Waals surface area contributed by atoms with Gasteiger partial charge in [0.15, 0.2) is 5.11 Å². The molecule has 0 radical (unpaired) electrons. The number of carbonyl (C=O) groups is 1. The van der Waals surface area contributed by atoms with E-state index in [1.54, 1.807) is 25.4 Å². The summed E-state index contributed by atoms with van der Waals surface area (Å²) in [5, 5.41) is 6.84. The van der Waals surface area contributed by atoms with Crippen LogP contribution in [0.1, 0.15) is 34.7 Å². The summed E-state index contributed by atoms with van der Waals surface area (Å²) in [6, 6.07) is 19.4. The van der Waals surface area contributed by atoms with Gasteiger partial charge in [-0.1, -0.05) is 12.1 Å². The van der Waals surface area contributed by atoms with Crippen LogP contribution in [0.5, 0.6) is 5.75 Å². The van der Waals surface area contributed by atoms with Crippen molar-refractivity contribution in [2.24, 2.45) is 0 Å². The summed E-state index contributed by atoms with van der Waals surface area (Å²) in [6.07, 6.45) is 1.76. The minimum Gasteiger partial charge on any atom is -0.495 e. The summed E-state index contributed by atoms with van der Waals surface area (Å²) in [5.74, 6) is -0.0976. The number of ether oxygens (including phenoxy) is 2. The summed E-state index contributed by atoms with van der Waals surface area (Å²) >= 11 is 5.90. The molecular formula is C30H30FN5O3S. The smallest absolute Gasteiger partial charge is 0.250 e. The molecule has 0 spiro atoms. The third kappa shape index (κ3) is 5.15. The van der Waals surface area contributed by atoms with Crippen LogP contribution in [0.4, 0.5) is 15.8 Å². The Morgan fingerprint density at radius 1 is 1.07 bits per heavy atom. The maximum absolute atomic E-state index is 14.2. The second-order valence-electron chi connectivity index (χ2n) is 9.50. The molecule has 1 saturated heterocycles. The van der Waals surface area contributed by atoms with Crippen molar-refractivity contribution < 1.29 is 18.7 Å². The minimum absolute atomic E-state index is 0.0898. The Hall–Kier alpha value is -4.28. The summed E-state index contributed by atoms with van der Waals surface area (Å²) < 4.78 is 26.7. The van der Waals surface area contributed by atoms with Crippen LogP contribution >= 0.6 is 12.2 Å². The molecule has 1 aliphatic rings. The van der Waals surface area contributed by atoms with Crippen molar-refractivity contribution in [2.45, 2.75) is 25.9 Å². The number of anilines is 2. The van der Waals surface area contributed by atoms with E-state index in [1.165, 1.54) is 19.2 Å². The quantitative estimate of drug-likeness (QED) is 0.280. The number of hydrogen-bond acceptors (Lipinski definition) is 5. The van der Waals surface area contributed by atoms with Gasteiger partial charge in [-0.25, -0.2) is 4.39 Å². The molecule has 1 fully saturated rings. The number of hydrogen-bond donors (Lipinski definition) is 2. The van der Waals surface area contributed by atoms with Crippen LogP contribution in [-0.4, -0.2) is 41.4 Å². The lowest BCUT2D eigenvalue weighted by atomic mass is 9.96. The standard InChI is InChI=1S/C30H30FN5O3S/c1-18-14-23(19(2)35(18)21-9-7-8-20(31)15-21)29-28(24-10-5-6-13-32-24)34-30(40)36(29)22-11-12-26(39-4)25(16-22)33-27(37)17-38-3/h5-16,28-29H,17H2,1-4H3,(H,33,37)(H,34,40). The number of nitrogens with one attached hydrogen (secondary N) is 2. The topological polar surface area (TPSA) is 80.7 Å². The number of aryl methyl sites for hydroxylation is 1. The number of rotatable bonds is 8. The fraction of sp³-hybridized carbons (Fsp3) is 0.233. The van der Waals surface area contributed by atoms with Gasteiger partial charge in [-0.15, -0.1) is 0 Å². The van der Waals surface area contributed by atoms with Crippen LogP contribution in [0, 0.1) is 19.7 Å². The molecule has 0 aliphatic carbocycles. The largest absolute Gasteiger partial charge is 0.495 e. The number of pyridine rings is 1. The highest BCUT2D eigenvalue weighted by Gasteiger charge is 2.42. The Labute approximate surface area is 237 Å². The summed E-state index contributed by atoms with van der Waals surface area (Å²) in [4.78, 5) is 19.0. The maximum atomic E-state index is 14.2. The van der Waals surface area contributed by atoms with Crippen molar-refractivity contribution in [1.82, 2.24) is 14.9 Å². The Morgan fingerprint density at radius 3 is 2.60 bits per heavy atom. The predicted octanol–water partition coefficient (Wildman–Crippen LogP) is 5.40. The van der Waals surface area contributed by atoms with Gasteiger partial charge in [0, 0.05) is 36.1 Å². The highest BCUT2D eigenvalue weighted by Crippen LogP contribution is 2.45. The van der Waals surface area contributed by atoms with Gasteiger partial charge in [0.05, 0.1) is 30.6 Å². The lowest BCUT2D eigenvalue weighted by Gasteiger charge is -2.29. The SMILES string of the molecule is COCC(=O)Nc1cc(N2C(=S)NC(c3ccccn3)C2c2cc(C)n(-c3cccc(F)c3)c2C)ccc1OC. The number of aromatic nitrogens is 2. The fourth-order valence-corrected chi connectivity index (χ4v) is 5.66. The average molecular weight is 560 g/mol. The Bertz CT molecular complexity index is 1560. The first-order valence-corrected chi connectivity index (χ1v) is 13.2. The van der Waals surface area contributed by atoms with Gasteiger partial charge in [-0.3, -0.25) is 9.78 Å². The molecule has 10 heteroatoms. The zero-order chi connectivity index (χ0) is 28.4. The lowest BCUT2D eigenvalue weighted by molar-refractivity contribution is -0.119. The summed E-state index contributed by atoms with van der Waals surface area (Å²) in [6.45, 7) is 3.93. The van der Waals surface area contributed by atoms with E-state index in [-0.39, 0.29) is 30.4 Å². The predicted molar refractivity (Wildman–Crippen MR) is 157 cm³/mol. The summed E-state index contributed by atoms with van der Waals surface area (Å²) in [5.41, 5.74) is 5.73. The van der Waals surface area contributed by atoms with Crippen LogP contribution in [-0.2, 0) is 9.53 Å². The highest BCUT2D eigenvalue weighted by atomic mass is 32.1. The second-order valence-corrected chi connectivity index (χ2v) is 9.89. The van der Waals surface area contributed by atoms with Gasteiger partial charge in [-0.2, -0.15) is 0 Å². The molecule has 2 aromatic carbocycles. The fourth-order valence-electron chi connectivity index (χ4n) is 5.31. The van der Waals surface area contributed by atoms with Crippen molar-refractivity contribution in [3.05, 3.63) is 101 Å². The van der Waals surface area contributed by atoms with Crippen LogP contribution in [0.25, 0.3) is 5.69 Å². The first-order chi connectivity index (χ1) is 19.3. The third-order valence-corrected chi connectivity index (χ3v) is 7.28. The molecule has 2 aromatic heterocycles. The zero-order valence-corrected chi connectivity index (χ0v) is 23.5. The summed E-state index contributed by atoms with van der Waals surface area (Å²) in [7, 11) is 3.01. The first-order valence-electron chi connectivity index (χ1n) is 12.7. The van der Waals surface area contributed by atoms with Crippen LogP contribution in [0.3, 0.4) is 0 Å². The molecular weight excluding hydrogens is 529 g/mol. The molecule has 206 valence electrons. The Morgan fingerprint density at radius 2 is 1.90 bits per heavy atom. The molecule has 5 rings (SSSR count). The highest BCUT2D eigenvalue weighted by molar-refractivity contribution is 7.80. The molecule has 8 nitrogen and oxygen atoms in total. The molecule has 1 aliphatic heterocycles. The average Bonchev–Trinajstić information content (AvgIpc) is 3.44. The Kier molecular flexibility index (Phi) is 7.81. The number of thiocarbonyl (C=S) groups is 1. The van der Waals surface area contributed by atoms with Crippen molar-refractivity contribution in [3.63, 3.8) is 0 Å². The van der Waals surface area contributed by atoms with Gasteiger partial charge in [-0.05, 0) is 86.2 Å². The van der Waals surface area contributed by atoms with E-state index >= 15 is 0 Å². The molecule has 2 N–H and O–H groups in total. The van der Waals surface area contributed by atoms with E-state index in [0.29, 0.717) is 16.5 Å². The van der Waals surface area contributed by atoms with Crippen molar-refractivity contribution in [2.75, 3.05) is 31.0 Å². The first kappa shape index (κ1) is 27.3. The van der Waals surface area contributed by atoms with E-state index < -0.39 is 0 Å². The van der Waals surface area contributed by atoms with Gasteiger partial charge in [0.2, 0.25) is 5.91 Å². The normalized spacial score (nSPS) is 16.6. The number of amides is 1. The maximum Gasteiger partial charge on any atom is 0.250 e. The molecule has 3 heterocycles. The van der Waals surface area contributed by atoms with E-state index in [0.717, 1.165) is 34.0 Å². The van der Waals surface area contributed by atoms with Crippen molar-refractivity contribution in [1.29, 1.82) is 0 Å². The number of benzene rings is 2. The third-order valence-electron chi connectivity index (χ3n) is 6.96. The molecule has 40 heavy (non-hydrogen) atoms. The van der Waals surface area contributed by atoms with Crippen LogP contribution in [0.2, 0.25) is 0 Å². The molecule has 2 atom stereocenters. The van der Waals surface area contributed by atoms with E-state index in [9.17, 15) is 9.18 Å². The van der Waals surface area contributed by atoms with E-state index in [4.69, 9.17) is 21.7 Å². The minimum atomic E-state index is -0.304. The monoisotopic (exact) mass is 559 g/mol. The molecule has 0 bridgehead atoms. The molecule has 0 saturated carbocycles. The number of methoxy groups -OCH3 is 2. The zero-order valence-electron chi connectivity index (χ0n) is 22.6. The van der Waals surface area contributed by atoms with Gasteiger partial charge in [0.1, 0.15) is 18.2 Å². The number of halogens is 1. The van der Waals surface area contributed by atoms with E-state index in [2.05, 4.69) is 21.7 Å². The van der Waals surface area contributed by atoms with Gasteiger partial charge >= 0.3 is 0 Å². The number of carbonyl (C=O) groups excluding carboxylic acids is 1. The van der Waals surface area contributed by atoms with Gasteiger partial charge in [0.25, 0.3) is 0 Å².